The van der Waals surface area contributed by atoms with Gasteiger partial charge in [0.05, 0.1) is 36.6 Å². The number of benzene rings is 1. The smallest absolute Gasteiger partial charge is 0.324 e. The molecule has 6 heterocycles. The number of rotatable bonds is 10. The zero-order valence-electron chi connectivity index (χ0n) is 38.3. The number of amides is 4. The fraction of sp³-hybridized carbons (Fsp3) is 0.532. The summed E-state index contributed by atoms with van der Waals surface area (Å²) in [5, 5.41) is 10.2. The van der Waals surface area contributed by atoms with Crippen molar-refractivity contribution in [2.24, 2.45) is 17.3 Å². The molecule has 7 rings (SSSR count). The van der Waals surface area contributed by atoms with Gasteiger partial charge >= 0.3 is 5.97 Å². The Bertz CT molecular complexity index is 2420. The third kappa shape index (κ3) is 9.32. The molecule has 64 heavy (non-hydrogen) atoms. The largest absolute Gasteiger partial charge is 0.464 e. The summed E-state index contributed by atoms with van der Waals surface area (Å²) in [5.74, 6) is -2.37. The number of aryl methyl sites for hydroxylation is 1. The normalized spacial score (nSPS) is 21.3. The van der Waals surface area contributed by atoms with Crippen molar-refractivity contribution in [3.8, 4) is 22.6 Å². The van der Waals surface area contributed by atoms with Crippen LogP contribution in [0.2, 0.25) is 0 Å². The van der Waals surface area contributed by atoms with E-state index < -0.39 is 47.2 Å². The number of pyridine rings is 1. The summed E-state index contributed by atoms with van der Waals surface area (Å²) >= 11 is 0. The van der Waals surface area contributed by atoms with Gasteiger partial charge in [-0.2, -0.15) is 5.10 Å². The molecule has 2 saturated heterocycles. The molecule has 4 amide bonds. The SMILES string of the molecule is C=CC(=O)N1CC[C@H](C(=O)N(C)C(C(=O)N[C@H]2Cn3cnc(n3)-c3ccc4c(c3)c(c(-c3cccnc3[C@H](C)OC)n4CC)CC(C)(C)COC(=O)[C@@H]3CCCN(N3)C2=O)C(C)C)C1. The summed E-state index contributed by atoms with van der Waals surface area (Å²) in [5.41, 5.74) is 8.17. The Morgan fingerprint density at radius 2 is 1.89 bits per heavy atom. The number of fused-ring (bicyclic) bond motifs is 6. The van der Waals surface area contributed by atoms with Crippen LogP contribution in [-0.2, 0) is 53.0 Å². The van der Waals surface area contributed by atoms with Crippen molar-refractivity contribution in [3.05, 3.63) is 66.8 Å². The molecule has 342 valence electrons. The molecule has 0 saturated carbocycles. The zero-order chi connectivity index (χ0) is 46.0. The zero-order valence-corrected chi connectivity index (χ0v) is 38.3. The standard InChI is InChI=1S/C47H62N10O7/c1-10-38(58)54-21-18-31(24-54)44(60)53(8)40(28(3)4)43(59)50-36-25-55-27-49-42(52-55)30-16-17-37-33(22-30)34(41(56(37)11-2)32-14-12-19-48-39(32)29(5)63-9)23-47(6,7)26-64-46(62)35-15-13-20-57(51-35)45(36)61/h10,12,14,16-17,19,22,27-29,31,35-36,40,51H,1,11,13,15,18,20-21,23-26H2,2-9H3,(H,50,59)/t29-,31-,35-,36-,40?/m0/s1. The van der Waals surface area contributed by atoms with E-state index in [9.17, 15) is 24.0 Å². The second-order valence-corrected chi connectivity index (χ2v) is 18.3. The predicted molar refractivity (Wildman–Crippen MR) is 240 cm³/mol. The first-order valence-electron chi connectivity index (χ1n) is 22.3. The minimum atomic E-state index is -1.17. The van der Waals surface area contributed by atoms with Crippen molar-refractivity contribution in [3.63, 3.8) is 0 Å². The Morgan fingerprint density at radius 1 is 1.11 bits per heavy atom. The van der Waals surface area contributed by atoms with E-state index in [1.165, 1.54) is 27.0 Å². The number of esters is 1. The van der Waals surface area contributed by atoms with Crippen molar-refractivity contribution < 1.29 is 33.4 Å². The van der Waals surface area contributed by atoms with Crippen LogP contribution >= 0.6 is 0 Å². The van der Waals surface area contributed by atoms with E-state index in [0.29, 0.717) is 44.6 Å². The van der Waals surface area contributed by atoms with Crippen LogP contribution < -0.4 is 10.7 Å². The van der Waals surface area contributed by atoms with Crippen molar-refractivity contribution in [2.45, 2.75) is 105 Å². The molecule has 1 unspecified atom stereocenters. The van der Waals surface area contributed by atoms with E-state index in [-0.39, 0.29) is 50.1 Å². The van der Waals surface area contributed by atoms with E-state index in [4.69, 9.17) is 24.5 Å². The molecule has 3 aromatic heterocycles. The average molecular weight is 879 g/mol. The number of nitrogens with zero attached hydrogens (tertiary/aromatic N) is 8. The summed E-state index contributed by atoms with van der Waals surface area (Å²) in [7, 11) is 3.26. The first kappa shape index (κ1) is 46.1. The highest BCUT2D eigenvalue weighted by Gasteiger charge is 2.40. The molecule has 1 aromatic carbocycles. The summed E-state index contributed by atoms with van der Waals surface area (Å²) in [6, 6.07) is 7.23. The predicted octanol–water partition coefficient (Wildman–Crippen LogP) is 4.31. The van der Waals surface area contributed by atoms with Gasteiger partial charge in [0.15, 0.2) is 5.82 Å². The topological polar surface area (TPSA) is 186 Å². The molecule has 17 nitrogen and oxygen atoms in total. The number of carbonyl (C=O) groups excluding carboxylic acids is 5. The lowest BCUT2D eigenvalue weighted by Crippen LogP contribution is -2.62. The monoisotopic (exact) mass is 878 g/mol. The van der Waals surface area contributed by atoms with Gasteiger partial charge < -0.3 is 29.2 Å². The molecule has 3 aliphatic rings. The van der Waals surface area contributed by atoms with Crippen molar-refractivity contribution in [2.75, 3.05) is 40.4 Å². The van der Waals surface area contributed by atoms with Gasteiger partial charge in [-0.15, -0.1) is 0 Å². The Labute approximate surface area is 374 Å². The molecule has 0 spiro atoms. The van der Waals surface area contributed by atoms with Crippen LogP contribution in [0.4, 0.5) is 0 Å². The number of nitrogens with one attached hydrogen (secondary N) is 2. The van der Waals surface area contributed by atoms with Crippen LogP contribution in [0.15, 0.2) is 55.5 Å². The number of cyclic esters (lactones) is 1. The maximum absolute atomic E-state index is 14.5. The minimum Gasteiger partial charge on any atom is -0.464 e. The molecular formula is C47H62N10O7. The number of hydrogen-bond donors (Lipinski definition) is 2. The van der Waals surface area contributed by atoms with Gasteiger partial charge in [-0.25, -0.2) is 15.1 Å². The number of hydrogen-bond acceptors (Lipinski definition) is 11. The van der Waals surface area contributed by atoms with Gasteiger partial charge in [-0.3, -0.25) is 34.0 Å². The highest BCUT2D eigenvalue weighted by molar-refractivity contribution is 5.96. The Morgan fingerprint density at radius 3 is 2.61 bits per heavy atom. The summed E-state index contributed by atoms with van der Waals surface area (Å²) in [4.78, 5) is 81.4. The molecule has 0 aliphatic carbocycles. The maximum Gasteiger partial charge on any atom is 0.324 e. The lowest BCUT2D eigenvalue weighted by Gasteiger charge is -2.37. The van der Waals surface area contributed by atoms with Gasteiger partial charge in [0.25, 0.3) is 5.91 Å². The van der Waals surface area contributed by atoms with Gasteiger partial charge in [-0.1, -0.05) is 34.3 Å². The number of likely N-dealkylation sites (N-methyl/N-ethyl adjacent to an activating group) is 1. The van der Waals surface area contributed by atoms with Gasteiger partial charge in [0.2, 0.25) is 17.7 Å². The van der Waals surface area contributed by atoms with Gasteiger partial charge in [-0.05, 0) is 87.4 Å². The van der Waals surface area contributed by atoms with Crippen LogP contribution in [0.25, 0.3) is 33.5 Å². The molecule has 0 radical (unpaired) electrons. The third-order valence-electron chi connectivity index (χ3n) is 12.8. The third-order valence-corrected chi connectivity index (χ3v) is 12.8. The number of carbonyl (C=O) groups is 5. The molecule has 4 aromatic rings. The molecule has 6 bridgehead atoms. The summed E-state index contributed by atoms with van der Waals surface area (Å²) in [6.45, 7) is 17.1. The molecular weight excluding hydrogens is 817 g/mol. The second-order valence-electron chi connectivity index (χ2n) is 18.3. The number of aromatic nitrogens is 5. The number of methoxy groups -OCH3 is 1. The quantitative estimate of drug-likeness (QED) is 0.171. The molecule has 3 aliphatic heterocycles. The summed E-state index contributed by atoms with van der Waals surface area (Å²) in [6.07, 6.45) is 6.25. The number of likely N-dealkylation sites (tertiary alicyclic amines) is 1. The highest BCUT2D eigenvalue weighted by Crippen LogP contribution is 2.41. The Balaban J connectivity index is 1.27. The van der Waals surface area contributed by atoms with Gasteiger partial charge in [0.1, 0.15) is 24.5 Å². The number of ether oxygens (including phenoxy) is 2. The van der Waals surface area contributed by atoms with Crippen molar-refractivity contribution >= 4 is 40.5 Å². The lowest BCUT2D eigenvalue weighted by atomic mass is 9.84. The minimum absolute atomic E-state index is 0.0892. The van der Waals surface area contributed by atoms with E-state index >= 15 is 0 Å². The van der Waals surface area contributed by atoms with Gasteiger partial charge in [0, 0.05) is 74.0 Å². The summed E-state index contributed by atoms with van der Waals surface area (Å²) < 4.78 is 15.7. The highest BCUT2D eigenvalue weighted by atomic mass is 16.5. The molecule has 2 N–H and O–H groups in total. The van der Waals surface area contributed by atoms with E-state index in [2.05, 4.69) is 60.9 Å². The fourth-order valence-corrected chi connectivity index (χ4v) is 9.42. The first-order valence-corrected chi connectivity index (χ1v) is 22.3. The van der Waals surface area contributed by atoms with E-state index in [1.807, 2.05) is 32.9 Å². The van der Waals surface area contributed by atoms with Crippen LogP contribution in [0.1, 0.15) is 78.2 Å². The second kappa shape index (κ2) is 19.0. The van der Waals surface area contributed by atoms with E-state index in [1.54, 1.807) is 25.3 Å². The number of hydrazine groups is 1. The molecule has 17 heteroatoms. The Hall–Kier alpha value is -5.94. The Kier molecular flexibility index (Phi) is 13.7. The van der Waals surface area contributed by atoms with Crippen LogP contribution in [0.3, 0.4) is 0 Å². The average Bonchev–Trinajstić information content (AvgIpc) is 4.05. The lowest BCUT2D eigenvalue weighted by molar-refractivity contribution is -0.155. The van der Waals surface area contributed by atoms with Crippen molar-refractivity contribution in [1.29, 1.82) is 0 Å². The van der Waals surface area contributed by atoms with Crippen LogP contribution in [0.5, 0.6) is 0 Å². The first-order chi connectivity index (χ1) is 30.5. The molecule has 2 fully saturated rings. The van der Waals surface area contributed by atoms with Crippen molar-refractivity contribution in [1.82, 2.24) is 49.9 Å². The van der Waals surface area contributed by atoms with E-state index in [0.717, 1.165) is 39.0 Å². The fourth-order valence-electron chi connectivity index (χ4n) is 9.42. The maximum atomic E-state index is 14.5. The van der Waals surface area contributed by atoms with Crippen LogP contribution in [0, 0.1) is 17.3 Å². The van der Waals surface area contributed by atoms with Crippen LogP contribution in [-0.4, -0.2) is 127 Å². The molecule has 5 atom stereocenters.